The highest BCUT2D eigenvalue weighted by atomic mass is 32.2. The van der Waals surface area contributed by atoms with Crippen molar-refractivity contribution >= 4 is 17.7 Å². The SMILES string of the molecule is COc1cc(CN2CCN(c3ccc(O)cc3)CC2)ccc1OSc1ccc(C)cc1. The number of rotatable bonds is 7. The number of anilines is 1. The Morgan fingerprint density at radius 2 is 1.58 bits per heavy atom. The number of aromatic hydroxyl groups is 1. The van der Waals surface area contributed by atoms with Crippen molar-refractivity contribution in [3.05, 3.63) is 77.9 Å². The molecule has 3 aromatic rings. The summed E-state index contributed by atoms with van der Waals surface area (Å²) in [6.07, 6.45) is 0. The molecule has 1 N–H and O–H groups in total. The Bertz CT molecular complexity index is 985. The molecule has 5 nitrogen and oxygen atoms in total. The van der Waals surface area contributed by atoms with Crippen LogP contribution < -0.4 is 13.8 Å². The molecule has 3 aromatic carbocycles. The van der Waals surface area contributed by atoms with E-state index in [2.05, 4.69) is 53.1 Å². The molecule has 1 fully saturated rings. The molecular weight excluding hydrogens is 408 g/mol. The minimum absolute atomic E-state index is 0.307. The van der Waals surface area contributed by atoms with Gasteiger partial charge in [0.25, 0.3) is 0 Å². The molecule has 4 rings (SSSR count). The molecule has 6 heteroatoms. The molecule has 0 bridgehead atoms. The van der Waals surface area contributed by atoms with Gasteiger partial charge in [-0.1, -0.05) is 23.8 Å². The topological polar surface area (TPSA) is 45.2 Å². The molecule has 31 heavy (non-hydrogen) atoms. The Balaban J connectivity index is 1.32. The van der Waals surface area contributed by atoms with Gasteiger partial charge in [-0.25, -0.2) is 0 Å². The van der Waals surface area contributed by atoms with Gasteiger partial charge in [0, 0.05) is 43.3 Å². The number of benzene rings is 3. The van der Waals surface area contributed by atoms with Crippen LogP contribution in [-0.2, 0) is 6.54 Å². The Hall–Kier alpha value is -2.83. The summed E-state index contributed by atoms with van der Waals surface area (Å²) in [6, 6.07) is 21.9. The van der Waals surface area contributed by atoms with Crippen LogP contribution in [-0.4, -0.2) is 43.3 Å². The number of methoxy groups -OCH3 is 1. The molecule has 0 amide bonds. The van der Waals surface area contributed by atoms with E-state index in [1.165, 1.54) is 23.2 Å². The summed E-state index contributed by atoms with van der Waals surface area (Å²) >= 11 is 1.34. The molecule has 0 aliphatic carbocycles. The first kappa shape index (κ1) is 21.4. The van der Waals surface area contributed by atoms with E-state index in [0.29, 0.717) is 5.75 Å². The lowest BCUT2D eigenvalue weighted by Gasteiger charge is -2.36. The zero-order valence-electron chi connectivity index (χ0n) is 18.0. The van der Waals surface area contributed by atoms with Gasteiger partial charge in [-0.15, -0.1) is 0 Å². The van der Waals surface area contributed by atoms with E-state index in [9.17, 15) is 5.11 Å². The normalized spacial score (nSPS) is 14.5. The van der Waals surface area contributed by atoms with Crippen LogP contribution >= 0.6 is 12.0 Å². The van der Waals surface area contributed by atoms with E-state index >= 15 is 0 Å². The van der Waals surface area contributed by atoms with Crippen LogP contribution in [0.2, 0.25) is 0 Å². The van der Waals surface area contributed by atoms with Gasteiger partial charge in [-0.3, -0.25) is 4.90 Å². The summed E-state index contributed by atoms with van der Waals surface area (Å²) in [4.78, 5) is 5.87. The predicted octanol–water partition coefficient (Wildman–Crippen LogP) is 5.12. The van der Waals surface area contributed by atoms with Gasteiger partial charge in [0.2, 0.25) is 0 Å². The van der Waals surface area contributed by atoms with Crippen molar-refractivity contribution in [2.75, 3.05) is 38.2 Å². The average molecular weight is 437 g/mol. The van der Waals surface area contributed by atoms with E-state index in [1.54, 1.807) is 19.2 Å². The van der Waals surface area contributed by atoms with Gasteiger partial charge in [0.05, 0.1) is 19.2 Å². The van der Waals surface area contributed by atoms with Gasteiger partial charge in [-0.05, 0) is 61.0 Å². The molecular formula is C25H28N2O3S. The molecule has 0 saturated carbocycles. The smallest absolute Gasteiger partial charge is 0.179 e. The van der Waals surface area contributed by atoms with Crippen molar-refractivity contribution in [1.29, 1.82) is 0 Å². The van der Waals surface area contributed by atoms with Crippen molar-refractivity contribution in [2.45, 2.75) is 18.4 Å². The number of ether oxygens (including phenoxy) is 1. The van der Waals surface area contributed by atoms with Gasteiger partial charge >= 0.3 is 0 Å². The van der Waals surface area contributed by atoms with E-state index in [-0.39, 0.29) is 0 Å². The predicted molar refractivity (Wildman–Crippen MR) is 126 cm³/mol. The summed E-state index contributed by atoms with van der Waals surface area (Å²) in [7, 11) is 1.68. The Morgan fingerprint density at radius 1 is 0.871 bits per heavy atom. The Labute approximate surface area is 188 Å². The number of nitrogens with zero attached hydrogens (tertiary/aromatic N) is 2. The fourth-order valence-corrected chi connectivity index (χ4v) is 4.22. The maximum Gasteiger partial charge on any atom is 0.179 e. The standard InChI is InChI=1S/C25H28N2O3S/c1-19-3-10-23(11-4-19)31-30-24-12-5-20(17-25(24)29-2)18-26-13-15-27(16-14-26)21-6-8-22(28)9-7-21/h3-12,17,28H,13-16,18H2,1-2H3. The van der Waals surface area contributed by atoms with Crippen molar-refractivity contribution in [3.8, 4) is 17.2 Å². The van der Waals surface area contributed by atoms with Crippen LogP contribution in [0.5, 0.6) is 17.2 Å². The summed E-state index contributed by atoms with van der Waals surface area (Å²) < 4.78 is 11.5. The highest BCUT2D eigenvalue weighted by Gasteiger charge is 2.18. The molecule has 0 radical (unpaired) electrons. The first-order chi connectivity index (χ1) is 15.1. The zero-order valence-corrected chi connectivity index (χ0v) is 18.8. The summed E-state index contributed by atoms with van der Waals surface area (Å²) in [5.41, 5.74) is 3.60. The number of hydrogen-bond acceptors (Lipinski definition) is 6. The minimum Gasteiger partial charge on any atom is -0.508 e. The number of aryl methyl sites for hydroxylation is 1. The second-order valence-corrected chi connectivity index (χ2v) is 8.55. The quantitative estimate of drug-likeness (QED) is 0.519. The minimum atomic E-state index is 0.307. The number of hydrogen-bond donors (Lipinski definition) is 1. The highest BCUT2D eigenvalue weighted by molar-refractivity contribution is 7.95. The molecule has 0 atom stereocenters. The first-order valence-corrected chi connectivity index (χ1v) is 11.2. The molecule has 162 valence electrons. The molecule has 0 aromatic heterocycles. The largest absolute Gasteiger partial charge is 0.508 e. The molecule has 1 aliphatic rings. The Morgan fingerprint density at radius 3 is 2.26 bits per heavy atom. The van der Waals surface area contributed by atoms with Crippen LogP contribution in [0, 0.1) is 6.92 Å². The second kappa shape index (κ2) is 9.98. The number of phenolic OH excluding ortho intramolecular Hbond substituents is 1. The van der Waals surface area contributed by atoms with Crippen LogP contribution in [0.3, 0.4) is 0 Å². The van der Waals surface area contributed by atoms with Crippen LogP contribution in [0.25, 0.3) is 0 Å². The third-order valence-corrected chi connectivity index (χ3v) is 6.20. The fourth-order valence-electron chi connectivity index (χ4n) is 3.65. The third-order valence-electron chi connectivity index (χ3n) is 5.47. The van der Waals surface area contributed by atoms with E-state index < -0.39 is 0 Å². The number of phenols is 1. The molecule has 1 heterocycles. The summed E-state index contributed by atoms with van der Waals surface area (Å²) in [5, 5.41) is 9.48. The van der Waals surface area contributed by atoms with E-state index in [1.807, 2.05) is 18.2 Å². The van der Waals surface area contributed by atoms with Gasteiger partial charge < -0.3 is 18.9 Å². The monoisotopic (exact) mass is 436 g/mol. The van der Waals surface area contributed by atoms with E-state index in [4.69, 9.17) is 8.92 Å². The Kier molecular flexibility index (Phi) is 6.89. The van der Waals surface area contributed by atoms with E-state index in [0.717, 1.165) is 54.8 Å². The first-order valence-electron chi connectivity index (χ1n) is 10.4. The van der Waals surface area contributed by atoms with Gasteiger partial charge in [0.15, 0.2) is 11.5 Å². The van der Waals surface area contributed by atoms with Crippen molar-refractivity contribution in [1.82, 2.24) is 4.90 Å². The molecule has 0 spiro atoms. The average Bonchev–Trinajstić information content (AvgIpc) is 2.80. The fraction of sp³-hybridized carbons (Fsp3) is 0.280. The highest BCUT2D eigenvalue weighted by Crippen LogP contribution is 2.33. The van der Waals surface area contributed by atoms with Gasteiger partial charge in [-0.2, -0.15) is 0 Å². The zero-order chi connectivity index (χ0) is 21.6. The maximum atomic E-state index is 9.48. The van der Waals surface area contributed by atoms with Gasteiger partial charge in [0.1, 0.15) is 5.75 Å². The number of piperazine rings is 1. The lowest BCUT2D eigenvalue weighted by Crippen LogP contribution is -2.45. The van der Waals surface area contributed by atoms with Crippen molar-refractivity contribution < 1.29 is 14.0 Å². The molecule has 1 aliphatic heterocycles. The van der Waals surface area contributed by atoms with Crippen LogP contribution in [0.4, 0.5) is 5.69 Å². The summed E-state index contributed by atoms with van der Waals surface area (Å²) in [5.74, 6) is 1.79. The molecule has 0 unspecified atom stereocenters. The van der Waals surface area contributed by atoms with Crippen LogP contribution in [0.1, 0.15) is 11.1 Å². The van der Waals surface area contributed by atoms with Crippen molar-refractivity contribution in [3.63, 3.8) is 0 Å². The summed E-state index contributed by atoms with van der Waals surface area (Å²) in [6.45, 7) is 6.87. The van der Waals surface area contributed by atoms with Crippen molar-refractivity contribution in [2.24, 2.45) is 0 Å². The molecule has 1 saturated heterocycles. The third kappa shape index (κ3) is 5.66. The lowest BCUT2D eigenvalue weighted by atomic mass is 10.1. The maximum absolute atomic E-state index is 9.48. The lowest BCUT2D eigenvalue weighted by molar-refractivity contribution is 0.249. The second-order valence-electron chi connectivity index (χ2n) is 7.74. The van der Waals surface area contributed by atoms with Crippen LogP contribution in [0.15, 0.2) is 71.6 Å².